The van der Waals surface area contributed by atoms with Crippen molar-refractivity contribution in [3.8, 4) is 0 Å². The molecule has 0 aromatic heterocycles. The average Bonchev–Trinajstić information content (AvgIpc) is 1.41. The first-order chi connectivity index (χ1) is 2.41. The molecule has 0 unspecified atom stereocenters. The van der Waals surface area contributed by atoms with Gasteiger partial charge < -0.3 is 0 Å². The van der Waals surface area contributed by atoms with Gasteiger partial charge in [-0.3, -0.25) is 0 Å². The second-order valence-electron chi connectivity index (χ2n) is 0.287. The second-order valence-corrected chi connectivity index (χ2v) is 5.94. The summed E-state index contributed by atoms with van der Waals surface area (Å²) in [5.41, 5.74) is 0. The van der Waals surface area contributed by atoms with Gasteiger partial charge in [-0.15, -0.1) is 0 Å². The van der Waals surface area contributed by atoms with Gasteiger partial charge in [0.25, 0.3) is 0 Å². The molecule has 0 spiro atoms. The summed E-state index contributed by atoms with van der Waals surface area (Å²) < 4.78 is 9.19. The SMILES string of the molecule is [Ge][O][Ge][O][Ge]. The molecule has 8 radical (unpaired) electrons. The van der Waals surface area contributed by atoms with Crippen molar-refractivity contribution in [2.75, 3.05) is 0 Å². The first kappa shape index (κ1) is 6.55. The molecular weight excluding hydrogens is 250 g/mol. The fourth-order valence-corrected chi connectivity index (χ4v) is 2.92. The van der Waals surface area contributed by atoms with Crippen LogP contribution < -0.4 is 0 Å². The topological polar surface area (TPSA) is 18.5 Å². The molecule has 0 aliphatic carbocycles. The summed E-state index contributed by atoms with van der Waals surface area (Å²) in [6.45, 7) is 0. The molecule has 0 saturated heterocycles. The predicted molar refractivity (Wildman–Crippen MR) is 19.4 cm³/mol. The molecule has 2 nitrogen and oxygen atoms in total. The van der Waals surface area contributed by atoms with Crippen LogP contribution in [-0.4, -0.2) is 49.8 Å². The van der Waals surface area contributed by atoms with Crippen LogP contribution in [-0.2, 0) is 5.58 Å². The molecular formula is Ge3O2. The molecule has 5 heteroatoms. The van der Waals surface area contributed by atoms with Crippen LogP contribution in [0.15, 0.2) is 0 Å². The molecule has 0 heterocycles. The van der Waals surface area contributed by atoms with Crippen molar-refractivity contribution < 1.29 is 5.58 Å². The van der Waals surface area contributed by atoms with Gasteiger partial charge in [-0.1, -0.05) is 0 Å². The van der Waals surface area contributed by atoms with Gasteiger partial charge in [0.15, 0.2) is 0 Å². The summed E-state index contributed by atoms with van der Waals surface area (Å²) in [4.78, 5) is 0. The van der Waals surface area contributed by atoms with Crippen molar-refractivity contribution in [2.45, 2.75) is 0 Å². The van der Waals surface area contributed by atoms with E-state index in [4.69, 9.17) is 0 Å². The summed E-state index contributed by atoms with van der Waals surface area (Å²) in [6.07, 6.45) is 0. The molecule has 0 aliphatic heterocycles. The van der Waals surface area contributed by atoms with E-state index in [1.807, 2.05) is 0 Å². The Balaban J connectivity index is 2.19. The molecule has 0 saturated carbocycles. The quantitative estimate of drug-likeness (QED) is 0.568. The van der Waals surface area contributed by atoms with E-state index in [1.165, 1.54) is 0 Å². The minimum atomic E-state index is -0.472. The van der Waals surface area contributed by atoms with Crippen LogP contribution >= 0.6 is 0 Å². The number of hydrogen-bond acceptors (Lipinski definition) is 2. The predicted octanol–water partition coefficient (Wildman–Crippen LogP) is -1.28. The van der Waals surface area contributed by atoms with Crippen molar-refractivity contribution in [3.63, 3.8) is 0 Å². The summed E-state index contributed by atoms with van der Waals surface area (Å²) in [7, 11) is 0. The number of rotatable bonds is 2. The van der Waals surface area contributed by atoms with E-state index in [1.54, 1.807) is 33.7 Å². The molecule has 0 aromatic carbocycles. The van der Waals surface area contributed by atoms with E-state index in [0.717, 1.165) is 0 Å². The third-order valence-corrected chi connectivity index (χ3v) is 2.25. The first-order valence-electron chi connectivity index (χ1n) is 0.816. The van der Waals surface area contributed by atoms with Crippen molar-refractivity contribution in [3.05, 3.63) is 0 Å². The van der Waals surface area contributed by atoms with E-state index in [0.29, 0.717) is 0 Å². The van der Waals surface area contributed by atoms with Gasteiger partial charge in [0.2, 0.25) is 0 Å². The van der Waals surface area contributed by atoms with Gasteiger partial charge in [0.1, 0.15) is 0 Å². The van der Waals surface area contributed by atoms with Crippen LogP contribution in [0, 0.1) is 0 Å². The molecule has 0 aromatic rings. The summed E-state index contributed by atoms with van der Waals surface area (Å²) in [5, 5.41) is 0. The van der Waals surface area contributed by atoms with Gasteiger partial charge >= 0.3 is 55.4 Å². The van der Waals surface area contributed by atoms with Crippen molar-refractivity contribution >= 4 is 49.8 Å². The standard InChI is InChI=1S/Ge3O2/c1-4-3-5-2. The van der Waals surface area contributed by atoms with Crippen LogP contribution in [0.4, 0.5) is 0 Å². The Morgan fingerprint density at radius 3 is 1.60 bits per heavy atom. The Hall–Kier alpha value is 1.55. The molecule has 0 bridgehead atoms. The first-order valence-corrected chi connectivity index (χ1v) is 4.24. The van der Waals surface area contributed by atoms with Gasteiger partial charge in [0, 0.05) is 0 Å². The third kappa shape index (κ3) is 5.55. The molecule has 0 aliphatic rings. The van der Waals surface area contributed by atoms with Gasteiger partial charge in [-0.2, -0.15) is 0 Å². The fraction of sp³-hybridized carbons (Fsp3) is 0. The third-order valence-electron chi connectivity index (χ3n) is 0.0833. The molecule has 0 N–H and O–H groups in total. The van der Waals surface area contributed by atoms with Crippen molar-refractivity contribution in [2.24, 2.45) is 0 Å². The van der Waals surface area contributed by atoms with E-state index in [-0.39, 0.29) is 0 Å². The summed E-state index contributed by atoms with van der Waals surface area (Å²) >= 11 is 2.81. The van der Waals surface area contributed by atoms with E-state index in [9.17, 15) is 0 Å². The van der Waals surface area contributed by atoms with Gasteiger partial charge in [-0.05, 0) is 0 Å². The van der Waals surface area contributed by atoms with Crippen LogP contribution in [0.5, 0.6) is 0 Å². The molecule has 0 rings (SSSR count). The van der Waals surface area contributed by atoms with Crippen molar-refractivity contribution in [1.82, 2.24) is 0 Å². The fourth-order valence-electron chi connectivity index (χ4n) is 0.0208. The normalized spacial score (nSPS) is 8.40. The van der Waals surface area contributed by atoms with E-state index >= 15 is 0 Å². The van der Waals surface area contributed by atoms with Crippen LogP contribution in [0.3, 0.4) is 0 Å². The summed E-state index contributed by atoms with van der Waals surface area (Å²) in [6, 6.07) is 0. The zero-order valence-corrected chi connectivity index (χ0v) is 8.61. The number of hydrogen-bond donors (Lipinski definition) is 0. The minimum absolute atomic E-state index is 0.472. The van der Waals surface area contributed by atoms with Gasteiger partial charge in [0.05, 0.1) is 0 Å². The van der Waals surface area contributed by atoms with Crippen molar-refractivity contribution in [1.29, 1.82) is 0 Å². The monoisotopic (exact) mass is 254 g/mol. The average molecular weight is 250 g/mol. The van der Waals surface area contributed by atoms with Crippen LogP contribution in [0.1, 0.15) is 0 Å². The Morgan fingerprint density at radius 2 is 1.60 bits per heavy atom. The Kier molecular flexibility index (Phi) is 7.27. The zero-order valence-electron chi connectivity index (χ0n) is 2.32. The van der Waals surface area contributed by atoms with E-state index < -0.39 is 16.1 Å². The van der Waals surface area contributed by atoms with Gasteiger partial charge in [-0.25, -0.2) is 0 Å². The molecule has 0 fully saturated rings. The van der Waals surface area contributed by atoms with Crippen LogP contribution in [0.25, 0.3) is 0 Å². The second kappa shape index (κ2) is 5.55. The summed E-state index contributed by atoms with van der Waals surface area (Å²) in [5.74, 6) is 0. The molecule has 24 valence electrons. The zero-order chi connectivity index (χ0) is 4.12. The maximum atomic E-state index is 4.59. The Labute approximate surface area is 55.3 Å². The Bertz CT molecular complexity index is 12.4. The maximum absolute atomic E-state index is 4.59. The van der Waals surface area contributed by atoms with E-state index in [2.05, 4.69) is 5.58 Å². The van der Waals surface area contributed by atoms with Crippen LogP contribution in [0.2, 0.25) is 0 Å². The Morgan fingerprint density at radius 1 is 1.20 bits per heavy atom. The molecule has 5 heavy (non-hydrogen) atoms. The molecule has 0 amide bonds. The molecule has 0 atom stereocenters.